The topological polar surface area (TPSA) is 80.1 Å². The second kappa shape index (κ2) is 12.2. The van der Waals surface area contributed by atoms with Gasteiger partial charge in [-0.3, -0.25) is 14.4 Å². The molecule has 0 aliphatic carbocycles. The highest BCUT2D eigenvalue weighted by atomic mass is 19.1. The van der Waals surface area contributed by atoms with Crippen molar-refractivity contribution in [3.05, 3.63) is 118 Å². The second-order valence-electron chi connectivity index (χ2n) is 9.79. The molecular weight excluding hydrogens is 518 g/mol. The van der Waals surface area contributed by atoms with Crippen LogP contribution < -0.4 is 5.43 Å². The minimum Gasteiger partial charge on any atom is -0.464 e. The van der Waals surface area contributed by atoms with E-state index in [1.54, 1.807) is 36.4 Å². The number of hydrogen-bond acceptors (Lipinski definition) is 5. The van der Waals surface area contributed by atoms with E-state index in [0.717, 1.165) is 12.8 Å². The Morgan fingerprint density at radius 3 is 2.27 bits per heavy atom. The minimum atomic E-state index is -0.474. The van der Waals surface area contributed by atoms with Crippen molar-refractivity contribution >= 4 is 22.8 Å². The summed E-state index contributed by atoms with van der Waals surface area (Å²) < 4.78 is 38.4. The fourth-order valence-electron chi connectivity index (χ4n) is 4.77. The molecule has 2 amide bonds. The molecule has 40 heavy (non-hydrogen) atoms. The molecule has 5 rings (SSSR count). The van der Waals surface area contributed by atoms with Gasteiger partial charge >= 0.3 is 0 Å². The van der Waals surface area contributed by atoms with E-state index in [1.165, 1.54) is 52.5 Å². The van der Waals surface area contributed by atoms with Crippen LogP contribution in [0.1, 0.15) is 34.3 Å². The quantitative estimate of drug-likeness (QED) is 0.298. The number of hydrogen-bond donors (Lipinski definition) is 0. The van der Waals surface area contributed by atoms with Gasteiger partial charge in [-0.15, -0.1) is 0 Å². The van der Waals surface area contributed by atoms with Crippen molar-refractivity contribution in [3.8, 4) is 0 Å². The molecule has 0 saturated carbocycles. The zero-order valence-electron chi connectivity index (χ0n) is 21.7. The Labute approximate surface area is 229 Å². The van der Waals surface area contributed by atoms with E-state index in [-0.39, 0.29) is 48.8 Å². The summed E-state index contributed by atoms with van der Waals surface area (Å²) in [5.41, 5.74) is 1.32. The summed E-state index contributed by atoms with van der Waals surface area (Å²) in [6, 6.07) is 17.7. The van der Waals surface area contributed by atoms with E-state index < -0.39 is 23.4 Å². The van der Waals surface area contributed by atoms with Crippen molar-refractivity contribution in [1.29, 1.82) is 0 Å². The van der Waals surface area contributed by atoms with Crippen LogP contribution in [0.25, 0.3) is 11.0 Å². The third-order valence-corrected chi connectivity index (χ3v) is 6.90. The number of carbonyl (C=O) groups is 2. The van der Waals surface area contributed by atoms with Crippen LogP contribution in [0, 0.1) is 11.6 Å². The lowest BCUT2D eigenvalue weighted by molar-refractivity contribution is -0.133. The lowest BCUT2D eigenvalue weighted by Gasteiger charge is -2.29. The third kappa shape index (κ3) is 6.43. The first kappa shape index (κ1) is 27.2. The standard InChI is InChI=1S/C31H28F2N2O5/c32-24-11-7-21(8-12-24)16-34(17-23-20-40-28-6-2-1-5-27(28)30(23)37)29(36)19-35(18-26-4-3-15-39-26)31(38)22-9-13-25(33)14-10-22/h1-2,5-14,20,26H,3-4,15-19H2. The molecule has 7 nitrogen and oxygen atoms in total. The van der Waals surface area contributed by atoms with E-state index in [0.29, 0.717) is 23.1 Å². The van der Waals surface area contributed by atoms with Gasteiger partial charge in [-0.2, -0.15) is 0 Å². The summed E-state index contributed by atoms with van der Waals surface area (Å²) in [5, 5.41) is 0.390. The third-order valence-electron chi connectivity index (χ3n) is 6.90. The fourth-order valence-corrected chi connectivity index (χ4v) is 4.77. The number of para-hydroxylation sites is 1. The van der Waals surface area contributed by atoms with Gasteiger partial charge in [0, 0.05) is 25.3 Å². The van der Waals surface area contributed by atoms with Crippen molar-refractivity contribution in [2.75, 3.05) is 19.7 Å². The van der Waals surface area contributed by atoms with E-state index in [2.05, 4.69) is 0 Å². The molecule has 3 aromatic carbocycles. The van der Waals surface area contributed by atoms with E-state index in [9.17, 15) is 23.2 Å². The lowest BCUT2D eigenvalue weighted by Crippen LogP contribution is -2.45. The van der Waals surface area contributed by atoms with Gasteiger partial charge < -0.3 is 19.0 Å². The normalized spacial score (nSPS) is 14.8. The molecule has 206 valence electrons. The summed E-state index contributed by atoms with van der Waals surface area (Å²) in [5.74, 6) is -1.75. The number of amides is 2. The Hall–Kier alpha value is -4.37. The number of benzene rings is 3. The molecule has 4 aromatic rings. The Morgan fingerprint density at radius 2 is 1.57 bits per heavy atom. The molecule has 0 bridgehead atoms. The van der Waals surface area contributed by atoms with Gasteiger partial charge in [0.15, 0.2) is 5.43 Å². The van der Waals surface area contributed by atoms with Gasteiger partial charge in [0.05, 0.1) is 29.9 Å². The molecule has 0 N–H and O–H groups in total. The summed E-state index contributed by atoms with van der Waals surface area (Å²) in [4.78, 5) is 43.3. The van der Waals surface area contributed by atoms with Crippen molar-refractivity contribution in [1.82, 2.24) is 9.80 Å². The molecular formula is C31H28F2N2O5. The van der Waals surface area contributed by atoms with Gasteiger partial charge in [0.25, 0.3) is 5.91 Å². The highest BCUT2D eigenvalue weighted by Crippen LogP contribution is 2.18. The van der Waals surface area contributed by atoms with Crippen LogP contribution in [-0.4, -0.2) is 47.4 Å². The predicted molar refractivity (Wildman–Crippen MR) is 144 cm³/mol. The van der Waals surface area contributed by atoms with Crippen molar-refractivity contribution in [2.45, 2.75) is 32.0 Å². The lowest BCUT2D eigenvalue weighted by atomic mass is 10.1. The van der Waals surface area contributed by atoms with Crippen LogP contribution in [-0.2, 0) is 22.6 Å². The summed E-state index contributed by atoms with van der Waals surface area (Å²) >= 11 is 0. The van der Waals surface area contributed by atoms with Gasteiger partial charge in [-0.1, -0.05) is 24.3 Å². The largest absolute Gasteiger partial charge is 0.464 e. The molecule has 2 heterocycles. The number of halogens is 2. The van der Waals surface area contributed by atoms with Gasteiger partial charge in [0.2, 0.25) is 5.91 Å². The molecule has 1 aliphatic rings. The van der Waals surface area contributed by atoms with Crippen molar-refractivity contribution < 1.29 is 27.5 Å². The van der Waals surface area contributed by atoms with Gasteiger partial charge in [-0.25, -0.2) is 8.78 Å². The van der Waals surface area contributed by atoms with Crippen LogP contribution in [0.3, 0.4) is 0 Å². The molecule has 9 heteroatoms. The van der Waals surface area contributed by atoms with Crippen LogP contribution in [0.4, 0.5) is 8.78 Å². The zero-order valence-corrected chi connectivity index (χ0v) is 21.7. The van der Waals surface area contributed by atoms with E-state index in [4.69, 9.17) is 9.15 Å². The first-order valence-corrected chi connectivity index (χ1v) is 13.1. The predicted octanol–water partition coefficient (Wildman–Crippen LogP) is 4.92. The number of carbonyl (C=O) groups excluding carboxylic acids is 2. The number of rotatable bonds is 9. The number of nitrogens with zero attached hydrogens (tertiary/aromatic N) is 2. The zero-order chi connectivity index (χ0) is 28.1. The average molecular weight is 547 g/mol. The summed E-state index contributed by atoms with van der Waals surface area (Å²) in [6.07, 6.45) is 2.71. The number of fused-ring (bicyclic) bond motifs is 1. The highest BCUT2D eigenvalue weighted by molar-refractivity contribution is 5.96. The molecule has 1 unspecified atom stereocenters. The highest BCUT2D eigenvalue weighted by Gasteiger charge is 2.28. The molecule has 0 spiro atoms. The molecule has 1 atom stereocenters. The SMILES string of the molecule is O=C(CN(CC1CCCO1)C(=O)c1ccc(F)cc1)N(Cc1ccc(F)cc1)Cc1coc2ccccc2c1=O. The second-order valence-corrected chi connectivity index (χ2v) is 9.79. The monoisotopic (exact) mass is 546 g/mol. The molecule has 1 saturated heterocycles. The minimum absolute atomic E-state index is 0.0733. The summed E-state index contributed by atoms with van der Waals surface area (Å²) in [7, 11) is 0. The summed E-state index contributed by atoms with van der Waals surface area (Å²) in [6.45, 7) is 0.456. The Balaban J connectivity index is 1.43. The first-order valence-electron chi connectivity index (χ1n) is 13.1. The van der Waals surface area contributed by atoms with Gasteiger partial charge in [-0.05, 0) is 66.9 Å². The molecule has 1 aliphatic heterocycles. The Kier molecular flexibility index (Phi) is 8.31. The van der Waals surface area contributed by atoms with Crippen LogP contribution in [0.5, 0.6) is 0 Å². The fraction of sp³-hybridized carbons (Fsp3) is 0.258. The van der Waals surface area contributed by atoms with Crippen molar-refractivity contribution in [2.24, 2.45) is 0 Å². The Morgan fingerprint density at radius 1 is 0.875 bits per heavy atom. The maximum Gasteiger partial charge on any atom is 0.254 e. The molecule has 0 radical (unpaired) electrons. The van der Waals surface area contributed by atoms with E-state index >= 15 is 0 Å². The van der Waals surface area contributed by atoms with Gasteiger partial charge in [0.1, 0.15) is 23.8 Å². The van der Waals surface area contributed by atoms with Crippen LogP contribution in [0.2, 0.25) is 0 Å². The van der Waals surface area contributed by atoms with Crippen LogP contribution >= 0.6 is 0 Å². The smallest absolute Gasteiger partial charge is 0.254 e. The Bertz CT molecular complexity index is 1550. The van der Waals surface area contributed by atoms with E-state index in [1.807, 2.05) is 0 Å². The van der Waals surface area contributed by atoms with Crippen LogP contribution in [0.15, 0.2) is 88.3 Å². The number of ether oxygens (including phenoxy) is 1. The molecule has 1 aromatic heterocycles. The average Bonchev–Trinajstić information content (AvgIpc) is 3.48. The van der Waals surface area contributed by atoms with Crippen molar-refractivity contribution in [3.63, 3.8) is 0 Å². The first-order chi connectivity index (χ1) is 19.4. The maximum absolute atomic E-state index is 13.8. The molecule has 1 fully saturated rings. The maximum atomic E-state index is 13.8.